The number of nitrogens with one attached hydrogen (secondary N) is 1. The van der Waals surface area contributed by atoms with Gasteiger partial charge in [-0.15, -0.1) is 0 Å². The highest BCUT2D eigenvalue weighted by Gasteiger charge is 2.26. The molecular formula is C20H26N4O2. The third kappa shape index (κ3) is 4.12. The molecule has 1 aliphatic heterocycles. The van der Waals surface area contributed by atoms with Gasteiger partial charge < -0.3 is 10.2 Å². The largest absolute Gasteiger partial charge is 0.369 e. The number of carbonyl (C=O) groups is 1. The second-order valence-corrected chi connectivity index (χ2v) is 7.10. The number of carbonyl (C=O) groups excluding carboxylic acids is 1. The van der Waals surface area contributed by atoms with Crippen LogP contribution in [-0.4, -0.2) is 28.8 Å². The minimum atomic E-state index is -0.135. The zero-order valence-electron chi connectivity index (χ0n) is 15.7. The normalized spacial score (nSPS) is 17.2. The quantitative estimate of drug-likeness (QED) is 0.911. The second kappa shape index (κ2) is 7.72. The van der Waals surface area contributed by atoms with Crippen LogP contribution in [0.15, 0.2) is 35.3 Å². The van der Waals surface area contributed by atoms with Crippen LogP contribution in [-0.2, 0) is 18.4 Å². The highest BCUT2D eigenvalue weighted by atomic mass is 16.2. The molecule has 6 nitrogen and oxygen atoms in total. The average molecular weight is 354 g/mol. The smallest absolute Gasteiger partial charge is 0.268 e. The van der Waals surface area contributed by atoms with Gasteiger partial charge in [0.25, 0.3) is 5.56 Å². The number of hydrogen-bond donors (Lipinski definition) is 1. The fourth-order valence-corrected chi connectivity index (χ4v) is 3.31. The fourth-order valence-electron chi connectivity index (χ4n) is 3.31. The molecule has 1 aromatic carbocycles. The maximum absolute atomic E-state index is 12.6. The Kier molecular flexibility index (Phi) is 5.40. The second-order valence-electron chi connectivity index (χ2n) is 7.10. The first kappa shape index (κ1) is 18.2. The predicted molar refractivity (Wildman–Crippen MR) is 102 cm³/mol. The monoisotopic (exact) mass is 354 g/mol. The van der Waals surface area contributed by atoms with Crippen LogP contribution in [0.2, 0.25) is 0 Å². The highest BCUT2D eigenvalue weighted by molar-refractivity contribution is 5.79. The Balaban J connectivity index is 1.61. The van der Waals surface area contributed by atoms with E-state index in [1.54, 1.807) is 19.3 Å². The lowest BCUT2D eigenvalue weighted by atomic mass is 9.96. The van der Waals surface area contributed by atoms with E-state index in [0.717, 1.165) is 30.6 Å². The maximum Gasteiger partial charge on any atom is 0.268 e. The van der Waals surface area contributed by atoms with E-state index in [0.29, 0.717) is 13.1 Å². The third-order valence-corrected chi connectivity index (χ3v) is 5.15. The van der Waals surface area contributed by atoms with Crippen LogP contribution in [0.1, 0.15) is 29.5 Å². The van der Waals surface area contributed by atoms with Gasteiger partial charge in [0.1, 0.15) is 0 Å². The highest BCUT2D eigenvalue weighted by Crippen LogP contribution is 2.22. The molecule has 1 fully saturated rings. The first-order valence-electron chi connectivity index (χ1n) is 9.06. The zero-order valence-corrected chi connectivity index (χ0v) is 15.7. The van der Waals surface area contributed by atoms with Crippen LogP contribution in [0.25, 0.3) is 0 Å². The van der Waals surface area contributed by atoms with Gasteiger partial charge in [-0.3, -0.25) is 9.59 Å². The van der Waals surface area contributed by atoms with Crippen molar-refractivity contribution in [2.45, 2.75) is 33.2 Å². The molecule has 6 heteroatoms. The van der Waals surface area contributed by atoms with Crippen LogP contribution < -0.4 is 15.8 Å². The summed E-state index contributed by atoms with van der Waals surface area (Å²) in [5.74, 6) is 0.00377. The molecule has 1 saturated heterocycles. The van der Waals surface area contributed by atoms with Crippen molar-refractivity contribution in [3.63, 3.8) is 0 Å². The van der Waals surface area contributed by atoms with E-state index in [2.05, 4.69) is 47.4 Å². The number of hydrogen-bond acceptors (Lipinski definition) is 4. The number of rotatable bonds is 4. The van der Waals surface area contributed by atoms with E-state index >= 15 is 0 Å². The maximum atomic E-state index is 12.6. The number of aryl methyl sites for hydroxylation is 3. The Bertz CT molecular complexity index is 859. The van der Waals surface area contributed by atoms with Crippen LogP contribution >= 0.6 is 0 Å². The van der Waals surface area contributed by atoms with Gasteiger partial charge in [0.15, 0.2) is 0 Å². The van der Waals surface area contributed by atoms with E-state index in [1.807, 2.05) is 0 Å². The third-order valence-electron chi connectivity index (χ3n) is 5.15. The first-order chi connectivity index (χ1) is 12.4. The van der Waals surface area contributed by atoms with Crippen LogP contribution in [0.5, 0.6) is 0 Å². The van der Waals surface area contributed by atoms with Crippen LogP contribution in [0.4, 0.5) is 5.69 Å². The van der Waals surface area contributed by atoms with Crippen molar-refractivity contribution in [3.05, 3.63) is 57.5 Å². The molecule has 1 aliphatic rings. The molecule has 0 aliphatic carbocycles. The number of benzene rings is 1. The summed E-state index contributed by atoms with van der Waals surface area (Å²) in [5, 5.41) is 7.14. The molecule has 1 N–H and O–H groups in total. The minimum Gasteiger partial charge on any atom is -0.369 e. The van der Waals surface area contributed by atoms with Gasteiger partial charge in [-0.1, -0.05) is 18.2 Å². The standard InChI is InChI=1S/C20H26N4O2/c1-14-6-7-16(9-15(14)2)11-21-20(26)17-5-4-8-24(13-17)18-10-19(25)23(3)22-12-18/h6-7,9-10,12,17H,4-5,8,11,13H2,1-3H3,(H,21,26). The number of amides is 1. The van der Waals surface area contributed by atoms with Crippen molar-refractivity contribution in [2.24, 2.45) is 13.0 Å². The Morgan fingerprint density at radius 3 is 2.81 bits per heavy atom. The van der Waals surface area contributed by atoms with Crippen LogP contribution in [0, 0.1) is 19.8 Å². The number of aromatic nitrogens is 2. The molecule has 0 saturated carbocycles. The molecule has 138 valence electrons. The van der Waals surface area contributed by atoms with Crippen LogP contribution in [0.3, 0.4) is 0 Å². The molecule has 1 amide bonds. The van der Waals surface area contributed by atoms with Gasteiger partial charge >= 0.3 is 0 Å². The summed E-state index contributed by atoms with van der Waals surface area (Å²) >= 11 is 0. The molecule has 1 unspecified atom stereocenters. The van der Waals surface area contributed by atoms with E-state index in [9.17, 15) is 9.59 Å². The summed E-state index contributed by atoms with van der Waals surface area (Å²) in [4.78, 5) is 26.5. The Morgan fingerprint density at radius 1 is 1.27 bits per heavy atom. The van der Waals surface area contributed by atoms with Crippen molar-refractivity contribution in [3.8, 4) is 0 Å². The summed E-state index contributed by atoms with van der Waals surface area (Å²) in [6.07, 6.45) is 3.49. The Morgan fingerprint density at radius 2 is 2.08 bits per heavy atom. The van der Waals surface area contributed by atoms with Crippen molar-refractivity contribution >= 4 is 11.6 Å². The SMILES string of the molecule is Cc1ccc(CNC(=O)C2CCCN(c3cnn(C)c(=O)c3)C2)cc1C. The average Bonchev–Trinajstić information content (AvgIpc) is 2.65. The lowest BCUT2D eigenvalue weighted by Gasteiger charge is -2.33. The Hall–Kier alpha value is -2.63. The van der Waals surface area contributed by atoms with Gasteiger partial charge in [-0.05, 0) is 43.4 Å². The summed E-state index contributed by atoms with van der Waals surface area (Å²) in [6.45, 7) is 6.17. The minimum absolute atomic E-state index is 0.0700. The number of nitrogens with zero attached hydrogens (tertiary/aromatic N) is 3. The number of anilines is 1. The topological polar surface area (TPSA) is 67.2 Å². The van der Waals surface area contributed by atoms with Gasteiger partial charge in [0.2, 0.25) is 5.91 Å². The molecule has 0 bridgehead atoms. The number of piperidine rings is 1. The predicted octanol–water partition coefficient (Wildman–Crippen LogP) is 1.93. The van der Waals surface area contributed by atoms with E-state index in [1.165, 1.54) is 15.8 Å². The molecule has 2 heterocycles. The molecule has 0 radical (unpaired) electrons. The molecule has 26 heavy (non-hydrogen) atoms. The van der Waals surface area contributed by atoms with Gasteiger partial charge in [0.05, 0.1) is 17.8 Å². The van der Waals surface area contributed by atoms with E-state index < -0.39 is 0 Å². The molecule has 0 spiro atoms. The van der Waals surface area contributed by atoms with Gasteiger partial charge in [-0.2, -0.15) is 5.10 Å². The first-order valence-corrected chi connectivity index (χ1v) is 9.06. The summed E-state index contributed by atoms with van der Waals surface area (Å²) in [7, 11) is 1.63. The van der Waals surface area contributed by atoms with Crippen molar-refractivity contribution < 1.29 is 4.79 Å². The molecular weight excluding hydrogens is 328 g/mol. The van der Waals surface area contributed by atoms with E-state index in [-0.39, 0.29) is 17.4 Å². The lowest BCUT2D eigenvalue weighted by molar-refractivity contribution is -0.125. The summed E-state index contributed by atoms with van der Waals surface area (Å²) in [5.41, 5.74) is 4.26. The van der Waals surface area contributed by atoms with Crippen molar-refractivity contribution in [1.82, 2.24) is 15.1 Å². The molecule has 2 aromatic rings. The zero-order chi connectivity index (χ0) is 18.7. The van der Waals surface area contributed by atoms with Crippen molar-refractivity contribution in [1.29, 1.82) is 0 Å². The fraction of sp³-hybridized carbons (Fsp3) is 0.450. The van der Waals surface area contributed by atoms with Crippen molar-refractivity contribution in [2.75, 3.05) is 18.0 Å². The van der Waals surface area contributed by atoms with E-state index in [4.69, 9.17) is 0 Å². The van der Waals surface area contributed by atoms with Gasteiger partial charge in [-0.25, -0.2) is 4.68 Å². The lowest BCUT2D eigenvalue weighted by Crippen LogP contribution is -2.43. The Labute approximate surface area is 153 Å². The molecule has 3 rings (SSSR count). The molecule has 1 atom stereocenters. The summed E-state index contributed by atoms with van der Waals surface area (Å²) < 4.78 is 1.31. The summed E-state index contributed by atoms with van der Waals surface area (Å²) in [6, 6.07) is 7.85. The van der Waals surface area contributed by atoms with Gasteiger partial charge in [0, 0.05) is 32.7 Å². The molecule has 1 aromatic heterocycles.